The maximum Gasteiger partial charge on any atom is 0.491 e. The molecule has 0 radical (unpaired) electrons. The van der Waals surface area contributed by atoms with Crippen molar-refractivity contribution in [2.24, 2.45) is 0 Å². The fraction of sp³-hybridized carbons (Fsp3) is 0.349. The number of fused-ring (bicyclic) bond motifs is 3. The summed E-state index contributed by atoms with van der Waals surface area (Å²) >= 11 is 6.93. The molecule has 26 heteroatoms. The Labute approximate surface area is 531 Å². The third-order valence-corrected chi connectivity index (χ3v) is 18.2. The van der Waals surface area contributed by atoms with Crippen molar-refractivity contribution in [3.63, 3.8) is 0 Å². The molecule has 0 atom stereocenters. The molecule has 0 saturated heterocycles. The minimum atomic E-state index is -1.41. The van der Waals surface area contributed by atoms with Gasteiger partial charge in [-0.05, 0) is 121 Å². The molecule has 0 aliphatic heterocycles. The monoisotopic (exact) mass is 1310 g/mol. The molecule has 3 aliphatic carbocycles. The molecule has 3 aliphatic rings. The highest BCUT2D eigenvalue weighted by molar-refractivity contribution is 9.10. The number of hydrogen-bond acceptors (Lipinski definition) is 18. The third-order valence-electron chi connectivity index (χ3n) is 16.1. The second-order valence-electron chi connectivity index (χ2n) is 21.6. The van der Waals surface area contributed by atoms with E-state index >= 15 is 0 Å². The molecule has 89 heavy (non-hydrogen) atoms. The van der Waals surface area contributed by atoms with Gasteiger partial charge in [-0.25, -0.2) is 42.9 Å². The van der Waals surface area contributed by atoms with Crippen LogP contribution >= 0.6 is 39.5 Å². The van der Waals surface area contributed by atoms with Crippen molar-refractivity contribution in [3.05, 3.63) is 161 Å². The lowest BCUT2D eigenvalue weighted by atomic mass is 9.81. The van der Waals surface area contributed by atoms with Crippen molar-refractivity contribution in [1.82, 2.24) is 43.8 Å². The number of carbonyl (C=O) groups excluding carboxylic acids is 1. The van der Waals surface area contributed by atoms with E-state index in [9.17, 15) is 24.6 Å². The Morgan fingerprint density at radius 1 is 0.528 bits per heavy atom. The molecular formula is C63H70B2BrN9O12S2. The van der Waals surface area contributed by atoms with E-state index in [4.69, 9.17) is 29.3 Å². The van der Waals surface area contributed by atoms with E-state index in [1.165, 1.54) is 93.7 Å². The first-order chi connectivity index (χ1) is 43.2. The summed E-state index contributed by atoms with van der Waals surface area (Å²) in [5, 5.41) is 66.1. The van der Waals surface area contributed by atoms with Crippen LogP contribution in [-0.2, 0) is 4.74 Å². The third kappa shape index (κ3) is 16.1. The van der Waals surface area contributed by atoms with Crippen LogP contribution in [0.4, 0.5) is 0 Å². The molecule has 3 saturated carbocycles. The van der Waals surface area contributed by atoms with Gasteiger partial charge in [0.25, 0.3) is 0 Å². The molecule has 0 spiro atoms. The van der Waals surface area contributed by atoms with Gasteiger partial charge < -0.3 is 43.9 Å². The predicted molar refractivity (Wildman–Crippen MR) is 346 cm³/mol. The Morgan fingerprint density at radius 3 is 1.36 bits per heavy atom. The second kappa shape index (κ2) is 31.7. The molecule has 0 amide bonds. The molecule has 464 valence electrons. The van der Waals surface area contributed by atoms with Gasteiger partial charge in [0.05, 0.1) is 71.8 Å². The van der Waals surface area contributed by atoms with Crippen LogP contribution in [0.3, 0.4) is 0 Å². The van der Waals surface area contributed by atoms with Crippen molar-refractivity contribution in [1.29, 1.82) is 0 Å². The molecule has 0 bridgehead atoms. The van der Waals surface area contributed by atoms with Crippen LogP contribution in [-0.4, -0.2) is 125 Å². The SMILES string of the molecule is CCOC(=O)c1cnn2c(C3CCCCC3)c(Br)cnc12.CSc1ccc(-c2cnc3c(C(=O)O)cnn3c2C2CCCCC2)cc1.CSc1ccc(B(O)O)cc1.O=C(O)c1cnn2c(C3CCCCC3)c(-c3ccoc3)cnc12.OB(O)c1ccoc1. The number of carboxylic acids is 2. The minimum Gasteiger partial charge on any atom is -0.477 e. The zero-order valence-corrected chi connectivity index (χ0v) is 52.8. The summed E-state index contributed by atoms with van der Waals surface area (Å²) in [6.45, 7) is 2.14. The van der Waals surface area contributed by atoms with E-state index in [1.807, 2.05) is 30.7 Å². The first-order valence-electron chi connectivity index (χ1n) is 29.6. The van der Waals surface area contributed by atoms with Crippen LogP contribution < -0.4 is 10.9 Å². The number of aromatic carboxylic acids is 2. The first kappa shape index (κ1) is 65.9. The van der Waals surface area contributed by atoms with Crippen LogP contribution in [0.15, 0.2) is 146 Å². The number of benzene rings is 2. The highest BCUT2D eigenvalue weighted by atomic mass is 79.9. The van der Waals surface area contributed by atoms with E-state index in [-0.39, 0.29) is 17.1 Å². The molecule has 13 rings (SSSR count). The maximum atomic E-state index is 12.0. The van der Waals surface area contributed by atoms with E-state index in [0.29, 0.717) is 57.8 Å². The van der Waals surface area contributed by atoms with Crippen molar-refractivity contribution in [2.75, 3.05) is 19.1 Å². The van der Waals surface area contributed by atoms with Crippen LogP contribution in [0.1, 0.15) is 169 Å². The Hall–Kier alpha value is -7.58. The fourth-order valence-electron chi connectivity index (χ4n) is 11.6. The van der Waals surface area contributed by atoms with Crippen molar-refractivity contribution in [2.45, 2.75) is 131 Å². The lowest BCUT2D eigenvalue weighted by Crippen LogP contribution is -2.29. The quantitative estimate of drug-likeness (QED) is 0.0355. The van der Waals surface area contributed by atoms with Gasteiger partial charge in [0.15, 0.2) is 16.9 Å². The van der Waals surface area contributed by atoms with E-state index in [1.54, 1.807) is 87.2 Å². The molecular weight excluding hydrogens is 1240 g/mol. The lowest BCUT2D eigenvalue weighted by Gasteiger charge is -2.25. The minimum absolute atomic E-state index is 0.140. The van der Waals surface area contributed by atoms with Gasteiger partial charge in [-0.1, -0.05) is 82.1 Å². The van der Waals surface area contributed by atoms with Crippen LogP contribution in [0.5, 0.6) is 0 Å². The van der Waals surface area contributed by atoms with Gasteiger partial charge >= 0.3 is 32.1 Å². The molecule has 8 heterocycles. The molecule has 6 N–H and O–H groups in total. The van der Waals surface area contributed by atoms with Gasteiger partial charge in [0, 0.05) is 68.3 Å². The number of nitrogens with zero attached hydrogens (tertiary/aromatic N) is 9. The van der Waals surface area contributed by atoms with Gasteiger partial charge in [0.2, 0.25) is 0 Å². The number of hydrogen-bond donors (Lipinski definition) is 6. The lowest BCUT2D eigenvalue weighted by molar-refractivity contribution is 0.0527. The zero-order chi connectivity index (χ0) is 63.0. The topological polar surface area (TPSA) is 299 Å². The van der Waals surface area contributed by atoms with Gasteiger partial charge in [-0.15, -0.1) is 23.5 Å². The normalized spacial score (nSPS) is 14.5. The Morgan fingerprint density at radius 2 is 0.944 bits per heavy atom. The standard InChI is InChI=1S/C20H21N3O2S.C17H17N3O3.C15H18BrN3O2.C7H9BO2S.C4H5BO3/c1-26-15-9-7-13(8-10-15)16-11-21-19-17(20(24)25)12-22-23(19)18(16)14-5-3-2-4-6-14;21-17(22)14-9-19-20-15(11-4-2-1-3-5-11)13(8-18-16(14)20)12-6-7-23-10-12;1-2-21-15(20)11-8-18-19-13(10-6-4-3-5-7-10)12(16)9-17-14(11)19;1-11-7-4-2-6(3-5-7)8(9)10;6-5(7)4-1-2-8-3-4/h7-12,14H,2-6H2,1H3,(H,24,25);6-11H,1-5H2,(H,21,22);8-10H,2-7H2,1H3;2-5,9-10H,1H3;1-3,6-7H. The molecule has 3 fully saturated rings. The highest BCUT2D eigenvalue weighted by Crippen LogP contribution is 2.41. The molecule has 10 aromatic rings. The molecule has 21 nitrogen and oxygen atoms in total. The first-order valence-corrected chi connectivity index (χ1v) is 32.9. The summed E-state index contributed by atoms with van der Waals surface area (Å²) in [4.78, 5) is 50.3. The summed E-state index contributed by atoms with van der Waals surface area (Å²) in [7, 11) is -2.76. The molecule has 8 aromatic heterocycles. The molecule has 0 unspecified atom stereocenters. The number of ether oxygens (including phenoxy) is 1. The summed E-state index contributed by atoms with van der Waals surface area (Å²) in [6.07, 6.45) is 37.5. The second-order valence-corrected chi connectivity index (χ2v) is 24.3. The van der Waals surface area contributed by atoms with E-state index in [2.05, 4.69) is 81.1 Å². The average Bonchev–Trinajstić information content (AvgIpc) is 2.13. The number of rotatable bonds is 13. The highest BCUT2D eigenvalue weighted by Gasteiger charge is 2.29. The maximum absolute atomic E-state index is 12.0. The summed E-state index contributed by atoms with van der Waals surface area (Å²) < 4.78 is 21.1. The van der Waals surface area contributed by atoms with Crippen LogP contribution in [0, 0.1) is 0 Å². The number of halogens is 1. The zero-order valence-electron chi connectivity index (χ0n) is 49.6. The average molecular weight is 1310 g/mol. The van der Waals surface area contributed by atoms with Crippen LogP contribution in [0.25, 0.3) is 39.2 Å². The molecule has 2 aromatic carbocycles. The van der Waals surface area contributed by atoms with E-state index < -0.39 is 26.2 Å². The van der Waals surface area contributed by atoms with Crippen molar-refractivity contribution in [3.8, 4) is 22.3 Å². The Balaban J connectivity index is 0.000000139. The van der Waals surface area contributed by atoms with Crippen molar-refractivity contribution >= 4 is 99.5 Å². The fourth-order valence-corrected chi connectivity index (χ4v) is 13.0. The largest absolute Gasteiger partial charge is 0.491 e. The summed E-state index contributed by atoms with van der Waals surface area (Å²) in [5.74, 6) is -1.14. The Bertz CT molecular complexity index is 3920. The van der Waals surface area contributed by atoms with Crippen LogP contribution in [0.2, 0.25) is 0 Å². The summed E-state index contributed by atoms with van der Waals surface area (Å²) in [5.41, 5.74) is 10.4. The number of thioether (sulfide) groups is 2. The van der Waals surface area contributed by atoms with Gasteiger partial charge in [-0.2, -0.15) is 15.3 Å². The number of furan rings is 2. The van der Waals surface area contributed by atoms with Gasteiger partial charge in [-0.3, -0.25) is 0 Å². The van der Waals surface area contributed by atoms with Gasteiger partial charge in [0.1, 0.15) is 16.7 Å². The number of aromatic nitrogens is 9. The van der Waals surface area contributed by atoms with Crippen molar-refractivity contribution < 1.29 is 58.3 Å². The number of esters is 1. The smallest absolute Gasteiger partial charge is 0.477 e. The summed E-state index contributed by atoms with van der Waals surface area (Å²) in [6, 6.07) is 19.0. The number of carboxylic acid groups (broad SMARTS) is 2. The Kier molecular flexibility index (Phi) is 23.5. The number of carbonyl (C=O) groups is 3. The van der Waals surface area contributed by atoms with E-state index in [0.717, 1.165) is 87.2 Å². The predicted octanol–water partition coefficient (Wildman–Crippen LogP) is 11.4.